The van der Waals surface area contributed by atoms with Gasteiger partial charge in [-0.3, -0.25) is 19.3 Å². The lowest BCUT2D eigenvalue weighted by atomic mass is 10.1. The Hall–Kier alpha value is -2.49. The highest BCUT2D eigenvalue weighted by atomic mass is 16.2. The molecule has 0 spiro atoms. The monoisotopic (exact) mass is 474 g/mol. The first kappa shape index (κ1) is 27.8. The molecule has 34 heavy (non-hydrogen) atoms. The summed E-state index contributed by atoms with van der Waals surface area (Å²) in [6.07, 6.45) is 6.04. The molecular formula is C25H42N6O3. The molecule has 1 heterocycles. The number of rotatable bonds is 10. The summed E-state index contributed by atoms with van der Waals surface area (Å²) in [7, 11) is 7.74. The summed E-state index contributed by atoms with van der Waals surface area (Å²) < 4.78 is 0. The van der Waals surface area contributed by atoms with Gasteiger partial charge in [0.1, 0.15) is 0 Å². The second-order valence-corrected chi connectivity index (χ2v) is 9.52. The van der Waals surface area contributed by atoms with Gasteiger partial charge in [-0.15, -0.1) is 0 Å². The van der Waals surface area contributed by atoms with Crippen LogP contribution in [0.25, 0.3) is 0 Å². The van der Waals surface area contributed by atoms with Crippen LogP contribution in [0, 0.1) is 0 Å². The quantitative estimate of drug-likeness (QED) is 0.503. The van der Waals surface area contributed by atoms with Crippen molar-refractivity contribution in [3.8, 4) is 0 Å². The van der Waals surface area contributed by atoms with E-state index in [4.69, 9.17) is 0 Å². The Kier molecular flexibility index (Phi) is 12.0. The Balaban J connectivity index is 1.87. The highest BCUT2D eigenvalue weighted by molar-refractivity contribution is 6.39. The average molecular weight is 475 g/mol. The topological polar surface area (TPSA) is 88.2 Å². The molecule has 1 aromatic carbocycles. The van der Waals surface area contributed by atoms with E-state index in [0.29, 0.717) is 44.1 Å². The molecule has 1 aliphatic heterocycles. The highest BCUT2D eigenvalue weighted by Gasteiger charge is 2.22. The maximum atomic E-state index is 12.7. The van der Waals surface area contributed by atoms with E-state index in [2.05, 4.69) is 15.5 Å². The summed E-state index contributed by atoms with van der Waals surface area (Å²) in [5.41, 5.74) is 1.18. The fourth-order valence-corrected chi connectivity index (χ4v) is 3.80. The van der Waals surface area contributed by atoms with E-state index in [9.17, 15) is 14.4 Å². The summed E-state index contributed by atoms with van der Waals surface area (Å²) in [5.74, 6) is -1.24. The van der Waals surface area contributed by atoms with Crippen LogP contribution in [0.1, 0.15) is 32.1 Å². The number of benzene rings is 1. The predicted octanol–water partition coefficient (Wildman–Crippen LogP) is 1.78. The molecule has 1 saturated heterocycles. The van der Waals surface area contributed by atoms with E-state index in [1.807, 2.05) is 38.0 Å². The number of likely N-dealkylation sites (tertiary alicyclic amines) is 1. The number of carbonyl (C=O) groups excluding carboxylic acids is 3. The maximum Gasteiger partial charge on any atom is 0.313 e. The van der Waals surface area contributed by atoms with Gasteiger partial charge in [0.05, 0.1) is 6.54 Å². The van der Waals surface area contributed by atoms with Gasteiger partial charge >= 0.3 is 11.8 Å². The summed E-state index contributed by atoms with van der Waals surface area (Å²) in [6.45, 7) is 4.64. The number of hydrogen-bond acceptors (Lipinski definition) is 6. The molecule has 0 radical (unpaired) electrons. The minimum atomic E-state index is -0.661. The van der Waals surface area contributed by atoms with E-state index >= 15 is 0 Å². The van der Waals surface area contributed by atoms with Crippen molar-refractivity contribution < 1.29 is 14.4 Å². The van der Waals surface area contributed by atoms with Crippen molar-refractivity contribution in [1.29, 1.82) is 0 Å². The molecule has 0 atom stereocenters. The minimum Gasteiger partial charge on any atom is -0.332 e. The number of nitrogens with one attached hydrogen (secondary N) is 2. The van der Waals surface area contributed by atoms with Gasteiger partial charge in [0.15, 0.2) is 0 Å². The van der Waals surface area contributed by atoms with Gasteiger partial charge in [0.25, 0.3) is 0 Å². The Bertz CT molecular complexity index is 761. The van der Waals surface area contributed by atoms with Crippen molar-refractivity contribution in [3.63, 3.8) is 0 Å². The average Bonchev–Trinajstić information content (AvgIpc) is 2.76. The number of anilines is 2. The Morgan fingerprint density at radius 3 is 1.71 bits per heavy atom. The van der Waals surface area contributed by atoms with Gasteiger partial charge in [0, 0.05) is 37.6 Å². The van der Waals surface area contributed by atoms with Crippen LogP contribution in [0.15, 0.2) is 24.3 Å². The van der Waals surface area contributed by atoms with Crippen LogP contribution >= 0.6 is 0 Å². The molecule has 9 heteroatoms. The molecule has 1 aromatic rings. The van der Waals surface area contributed by atoms with Gasteiger partial charge in [-0.1, -0.05) is 19.3 Å². The molecule has 0 bridgehead atoms. The number of nitrogens with zero attached hydrogens (tertiary/aromatic N) is 4. The third kappa shape index (κ3) is 10.6. The van der Waals surface area contributed by atoms with Crippen molar-refractivity contribution >= 4 is 29.1 Å². The smallest absolute Gasteiger partial charge is 0.313 e. The van der Waals surface area contributed by atoms with Crippen molar-refractivity contribution in [2.45, 2.75) is 32.1 Å². The molecule has 0 aliphatic carbocycles. The zero-order valence-corrected chi connectivity index (χ0v) is 21.3. The van der Waals surface area contributed by atoms with E-state index in [1.54, 1.807) is 29.2 Å². The van der Waals surface area contributed by atoms with Gasteiger partial charge in [-0.05, 0) is 78.4 Å². The summed E-state index contributed by atoms with van der Waals surface area (Å²) in [5, 5.41) is 5.60. The predicted molar refractivity (Wildman–Crippen MR) is 137 cm³/mol. The lowest BCUT2D eigenvalue weighted by Gasteiger charge is -2.25. The van der Waals surface area contributed by atoms with Crippen LogP contribution in [0.4, 0.5) is 11.4 Å². The third-order valence-corrected chi connectivity index (χ3v) is 5.86. The lowest BCUT2D eigenvalue weighted by Crippen LogP contribution is -2.45. The molecule has 1 aliphatic rings. The molecule has 1 fully saturated rings. The fourth-order valence-electron chi connectivity index (χ4n) is 3.80. The summed E-state index contributed by atoms with van der Waals surface area (Å²) in [4.78, 5) is 45.5. The minimum absolute atomic E-state index is 0.0371. The SMILES string of the molecule is CN(C)CCN(CCN(C)C)C(=O)C(=O)Nc1ccc(NC(=O)CN2CCCCCCC2)cc1. The lowest BCUT2D eigenvalue weighted by molar-refractivity contribution is -0.143. The molecule has 2 N–H and O–H groups in total. The Labute approximate surface area is 204 Å². The highest BCUT2D eigenvalue weighted by Crippen LogP contribution is 2.15. The van der Waals surface area contributed by atoms with E-state index in [-0.39, 0.29) is 5.91 Å². The van der Waals surface area contributed by atoms with Crippen molar-refractivity contribution in [2.24, 2.45) is 0 Å². The normalized spacial score (nSPS) is 15.0. The first-order valence-corrected chi connectivity index (χ1v) is 12.3. The van der Waals surface area contributed by atoms with Gasteiger partial charge < -0.3 is 25.3 Å². The Morgan fingerprint density at radius 2 is 1.21 bits per heavy atom. The maximum absolute atomic E-state index is 12.7. The van der Waals surface area contributed by atoms with Crippen LogP contribution < -0.4 is 10.6 Å². The van der Waals surface area contributed by atoms with Crippen LogP contribution in [-0.2, 0) is 14.4 Å². The molecule has 0 aromatic heterocycles. The number of amides is 3. The summed E-state index contributed by atoms with van der Waals surface area (Å²) >= 11 is 0. The second kappa shape index (κ2) is 14.7. The van der Waals surface area contributed by atoms with E-state index in [0.717, 1.165) is 25.9 Å². The summed E-state index contributed by atoms with van der Waals surface area (Å²) in [6, 6.07) is 6.87. The third-order valence-electron chi connectivity index (χ3n) is 5.86. The Morgan fingerprint density at radius 1 is 0.735 bits per heavy atom. The van der Waals surface area contributed by atoms with Crippen LogP contribution in [-0.4, -0.2) is 111 Å². The first-order chi connectivity index (χ1) is 16.2. The molecule has 9 nitrogen and oxygen atoms in total. The zero-order chi connectivity index (χ0) is 24.9. The first-order valence-electron chi connectivity index (χ1n) is 12.3. The molecule has 3 amide bonds. The van der Waals surface area contributed by atoms with E-state index in [1.165, 1.54) is 19.3 Å². The van der Waals surface area contributed by atoms with Gasteiger partial charge in [-0.25, -0.2) is 0 Å². The molecule has 2 rings (SSSR count). The van der Waals surface area contributed by atoms with Crippen molar-refractivity contribution in [2.75, 3.05) is 84.6 Å². The zero-order valence-electron chi connectivity index (χ0n) is 21.3. The largest absolute Gasteiger partial charge is 0.332 e. The number of likely N-dealkylation sites (N-methyl/N-ethyl adjacent to an activating group) is 2. The number of hydrogen-bond donors (Lipinski definition) is 2. The van der Waals surface area contributed by atoms with E-state index < -0.39 is 11.8 Å². The molecule has 0 unspecified atom stereocenters. The van der Waals surface area contributed by atoms with Crippen LogP contribution in [0.2, 0.25) is 0 Å². The van der Waals surface area contributed by atoms with Gasteiger partial charge in [0.2, 0.25) is 5.91 Å². The molecule has 190 valence electrons. The van der Waals surface area contributed by atoms with Crippen molar-refractivity contribution in [1.82, 2.24) is 19.6 Å². The number of carbonyl (C=O) groups is 3. The standard InChI is InChI=1S/C25H42N6O3/c1-28(2)16-18-31(19-17-29(3)4)25(34)24(33)27-22-12-10-21(11-13-22)26-23(32)20-30-14-8-6-5-7-9-15-30/h10-13H,5-9,14-20H2,1-4H3,(H,26,32)(H,27,33). The molecule has 0 saturated carbocycles. The van der Waals surface area contributed by atoms with Crippen LogP contribution in [0.5, 0.6) is 0 Å². The molecular weight excluding hydrogens is 432 g/mol. The van der Waals surface area contributed by atoms with Crippen molar-refractivity contribution in [3.05, 3.63) is 24.3 Å². The van der Waals surface area contributed by atoms with Gasteiger partial charge in [-0.2, -0.15) is 0 Å². The van der Waals surface area contributed by atoms with Crippen LogP contribution in [0.3, 0.4) is 0 Å². The second-order valence-electron chi connectivity index (χ2n) is 9.52. The fraction of sp³-hybridized carbons (Fsp3) is 0.640.